The maximum absolute atomic E-state index is 11.1. The van der Waals surface area contributed by atoms with Gasteiger partial charge in [0.1, 0.15) is 5.75 Å². The topological polar surface area (TPSA) is 78.4 Å². The van der Waals surface area contributed by atoms with Crippen LogP contribution >= 0.6 is 0 Å². The van der Waals surface area contributed by atoms with Gasteiger partial charge in [-0.25, -0.2) is 0 Å². The van der Waals surface area contributed by atoms with Crippen molar-refractivity contribution in [3.8, 4) is 11.5 Å². The average Bonchev–Trinajstić information content (AvgIpc) is 2.48. The van der Waals surface area contributed by atoms with E-state index >= 15 is 0 Å². The molecular formula is C16H18N2O3. The summed E-state index contributed by atoms with van der Waals surface area (Å²) in [5.41, 5.74) is 7.65. The SMILES string of the molecule is CCc1ccc(Oc2ccc([C@@H](C)N)cc2)c([N+](=O)[O-])c1. The predicted molar refractivity (Wildman–Crippen MR) is 81.6 cm³/mol. The number of nitro benzene ring substituents is 1. The molecule has 0 amide bonds. The van der Waals surface area contributed by atoms with Crippen LogP contribution in [0.1, 0.15) is 31.0 Å². The lowest BCUT2D eigenvalue weighted by Gasteiger charge is -2.09. The van der Waals surface area contributed by atoms with Crippen LogP contribution in [-0.4, -0.2) is 4.92 Å². The number of benzene rings is 2. The Labute approximate surface area is 123 Å². The van der Waals surface area contributed by atoms with E-state index in [4.69, 9.17) is 10.5 Å². The van der Waals surface area contributed by atoms with Gasteiger partial charge in [0.15, 0.2) is 0 Å². The summed E-state index contributed by atoms with van der Waals surface area (Å²) >= 11 is 0. The molecule has 0 aliphatic carbocycles. The van der Waals surface area contributed by atoms with Gasteiger partial charge in [-0.2, -0.15) is 0 Å². The Bertz CT molecular complexity index is 636. The van der Waals surface area contributed by atoms with E-state index in [2.05, 4.69) is 0 Å². The lowest BCUT2D eigenvalue weighted by molar-refractivity contribution is -0.385. The molecule has 5 heteroatoms. The van der Waals surface area contributed by atoms with E-state index in [0.717, 1.165) is 17.5 Å². The summed E-state index contributed by atoms with van der Waals surface area (Å²) in [5.74, 6) is 0.789. The summed E-state index contributed by atoms with van der Waals surface area (Å²) in [4.78, 5) is 10.7. The molecule has 2 N–H and O–H groups in total. The first kappa shape index (κ1) is 15.0. The summed E-state index contributed by atoms with van der Waals surface area (Å²) < 4.78 is 5.62. The second-order valence-corrected chi connectivity index (χ2v) is 4.87. The van der Waals surface area contributed by atoms with Gasteiger partial charge in [-0.1, -0.05) is 25.1 Å². The van der Waals surface area contributed by atoms with Gasteiger partial charge < -0.3 is 10.5 Å². The minimum absolute atomic E-state index is 0.0226. The van der Waals surface area contributed by atoms with Crippen molar-refractivity contribution in [1.82, 2.24) is 0 Å². The molecule has 0 saturated carbocycles. The van der Waals surface area contributed by atoms with E-state index in [1.807, 2.05) is 32.0 Å². The molecule has 5 nitrogen and oxygen atoms in total. The Kier molecular flexibility index (Phi) is 4.55. The Morgan fingerprint density at radius 2 is 1.90 bits per heavy atom. The number of nitrogens with zero attached hydrogens (tertiary/aromatic N) is 1. The molecule has 0 bridgehead atoms. The van der Waals surface area contributed by atoms with Gasteiger partial charge >= 0.3 is 5.69 Å². The number of nitro groups is 1. The molecule has 0 aliphatic rings. The fourth-order valence-electron chi connectivity index (χ4n) is 1.98. The van der Waals surface area contributed by atoms with Crippen molar-refractivity contribution in [3.05, 3.63) is 63.7 Å². The number of rotatable bonds is 5. The molecule has 0 unspecified atom stereocenters. The Balaban J connectivity index is 2.28. The highest BCUT2D eigenvalue weighted by Gasteiger charge is 2.16. The molecule has 0 aliphatic heterocycles. The van der Waals surface area contributed by atoms with Crippen LogP contribution in [0.15, 0.2) is 42.5 Å². The van der Waals surface area contributed by atoms with Crippen LogP contribution in [0, 0.1) is 10.1 Å². The van der Waals surface area contributed by atoms with Crippen LogP contribution < -0.4 is 10.5 Å². The van der Waals surface area contributed by atoms with Crippen molar-refractivity contribution in [2.24, 2.45) is 5.73 Å². The van der Waals surface area contributed by atoms with Gasteiger partial charge in [-0.05, 0) is 42.7 Å². The van der Waals surface area contributed by atoms with Gasteiger partial charge in [0.05, 0.1) is 4.92 Å². The fourth-order valence-corrected chi connectivity index (χ4v) is 1.98. The highest BCUT2D eigenvalue weighted by atomic mass is 16.6. The molecule has 0 fully saturated rings. The molecule has 21 heavy (non-hydrogen) atoms. The van der Waals surface area contributed by atoms with E-state index in [1.54, 1.807) is 24.3 Å². The second-order valence-electron chi connectivity index (χ2n) is 4.87. The van der Waals surface area contributed by atoms with E-state index < -0.39 is 4.92 Å². The number of hydrogen-bond donors (Lipinski definition) is 1. The van der Waals surface area contributed by atoms with Crippen molar-refractivity contribution < 1.29 is 9.66 Å². The molecule has 0 heterocycles. The maximum atomic E-state index is 11.1. The van der Waals surface area contributed by atoms with Crippen LogP contribution in [-0.2, 0) is 6.42 Å². The molecule has 0 aromatic heterocycles. The van der Waals surface area contributed by atoms with Gasteiger partial charge in [0.2, 0.25) is 5.75 Å². The average molecular weight is 286 g/mol. The molecule has 2 rings (SSSR count). The van der Waals surface area contributed by atoms with E-state index in [0.29, 0.717) is 5.75 Å². The Hall–Kier alpha value is -2.40. The van der Waals surface area contributed by atoms with E-state index in [9.17, 15) is 10.1 Å². The number of ether oxygens (including phenoxy) is 1. The quantitative estimate of drug-likeness (QED) is 0.666. The summed E-state index contributed by atoms with van der Waals surface area (Å²) in [6.45, 7) is 3.84. The first-order chi connectivity index (χ1) is 10.0. The molecular weight excluding hydrogens is 268 g/mol. The highest BCUT2D eigenvalue weighted by Crippen LogP contribution is 2.32. The first-order valence-electron chi connectivity index (χ1n) is 6.82. The number of hydrogen-bond acceptors (Lipinski definition) is 4. The monoisotopic (exact) mass is 286 g/mol. The van der Waals surface area contributed by atoms with Crippen molar-refractivity contribution >= 4 is 5.69 Å². The van der Waals surface area contributed by atoms with Crippen LogP contribution in [0.5, 0.6) is 11.5 Å². The van der Waals surface area contributed by atoms with Gasteiger partial charge in [-0.3, -0.25) is 10.1 Å². The van der Waals surface area contributed by atoms with Gasteiger partial charge in [0.25, 0.3) is 0 Å². The third-order valence-electron chi connectivity index (χ3n) is 3.26. The molecule has 0 saturated heterocycles. The third-order valence-corrected chi connectivity index (χ3v) is 3.26. The predicted octanol–water partition coefficient (Wildman–Crippen LogP) is 3.97. The van der Waals surface area contributed by atoms with E-state index in [1.165, 1.54) is 0 Å². The lowest BCUT2D eigenvalue weighted by Crippen LogP contribution is -2.04. The summed E-state index contributed by atoms with van der Waals surface area (Å²) in [6.07, 6.45) is 0.740. The van der Waals surface area contributed by atoms with E-state index in [-0.39, 0.29) is 17.5 Å². The van der Waals surface area contributed by atoms with Crippen molar-refractivity contribution in [2.75, 3.05) is 0 Å². The van der Waals surface area contributed by atoms with Crippen LogP contribution in [0.3, 0.4) is 0 Å². The standard InChI is InChI=1S/C16H18N2O3/c1-3-12-4-9-16(15(10-12)18(19)20)21-14-7-5-13(6-8-14)11(2)17/h4-11H,3,17H2,1-2H3/t11-/m1/s1. The van der Waals surface area contributed by atoms with Crippen molar-refractivity contribution in [2.45, 2.75) is 26.3 Å². The van der Waals surface area contributed by atoms with Crippen LogP contribution in [0.4, 0.5) is 5.69 Å². The third kappa shape index (κ3) is 3.58. The zero-order chi connectivity index (χ0) is 15.4. The molecule has 0 spiro atoms. The summed E-state index contributed by atoms with van der Waals surface area (Å²) in [7, 11) is 0. The molecule has 1 atom stereocenters. The molecule has 2 aromatic carbocycles. The van der Waals surface area contributed by atoms with Crippen LogP contribution in [0.25, 0.3) is 0 Å². The van der Waals surface area contributed by atoms with Crippen molar-refractivity contribution in [3.63, 3.8) is 0 Å². The zero-order valence-corrected chi connectivity index (χ0v) is 12.1. The highest BCUT2D eigenvalue weighted by molar-refractivity contribution is 5.50. The minimum Gasteiger partial charge on any atom is -0.450 e. The smallest absolute Gasteiger partial charge is 0.311 e. The Morgan fingerprint density at radius 1 is 1.24 bits per heavy atom. The van der Waals surface area contributed by atoms with Crippen molar-refractivity contribution in [1.29, 1.82) is 0 Å². The molecule has 2 aromatic rings. The van der Waals surface area contributed by atoms with Crippen LogP contribution in [0.2, 0.25) is 0 Å². The largest absolute Gasteiger partial charge is 0.450 e. The lowest BCUT2D eigenvalue weighted by atomic mass is 10.1. The molecule has 110 valence electrons. The second kappa shape index (κ2) is 6.37. The maximum Gasteiger partial charge on any atom is 0.311 e. The number of nitrogens with two attached hydrogens (primary N) is 1. The zero-order valence-electron chi connectivity index (χ0n) is 12.1. The number of aryl methyl sites for hydroxylation is 1. The summed E-state index contributed by atoms with van der Waals surface area (Å²) in [6, 6.07) is 12.2. The van der Waals surface area contributed by atoms with Gasteiger partial charge in [-0.15, -0.1) is 0 Å². The molecule has 0 radical (unpaired) electrons. The normalized spacial score (nSPS) is 12.0. The first-order valence-corrected chi connectivity index (χ1v) is 6.82. The van der Waals surface area contributed by atoms with Gasteiger partial charge in [0, 0.05) is 12.1 Å². The Morgan fingerprint density at radius 3 is 2.43 bits per heavy atom. The minimum atomic E-state index is -0.426. The fraction of sp³-hybridized carbons (Fsp3) is 0.250. The summed E-state index contributed by atoms with van der Waals surface area (Å²) in [5, 5.41) is 11.1.